The summed E-state index contributed by atoms with van der Waals surface area (Å²) in [7, 11) is 0. The van der Waals surface area contributed by atoms with Crippen LogP contribution in [0.3, 0.4) is 0 Å². The molecule has 2 N–H and O–H groups in total. The minimum atomic E-state index is -1.18. The van der Waals surface area contributed by atoms with E-state index in [9.17, 15) is 19.1 Å². The Hall–Kier alpha value is -2.60. The molecule has 0 atom stereocenters. The van der Waals surface area contributed by atoms with E-state index in [-0.39, 0.29) is 21.8 Å². The topological polar surface area (TPSA) is 75.1 Å². The predicted molar refractivity (Wildman–Crippen MR) is 75.8 cm³/mol. The van der Waals surface area contributed by atoms with Gasteiger partial charge in [-0.2, -0.15) is 0 Å². The Bertz CT molecular complexity index is 909. The number of fused-ring (bicyclic) bond motifs is 1. The molecule has 0 amide bonds. The molecule has 0 saturated carbocycles. The summed E-state index contributed by atoms with van der Waals surface area (Å²) < 4.78 is 14.6. The van der Waals surface area contributed by atoms with Crippen LogP contribution in [-0.2, 0) is 0 Å². The molecule has 0 aliphatic heterocycles. The summed E-state index contributed by atoms with van der Waals surface area (Å²) in [5, 5.41) is 9.35. The Morgan fingerprint density at radius 3 is 2.71 bits per heavy atom. The number of benzene rings is 2. The zero-order valence-corrected chi connectivity index (χ0v) is 11.2. The van der Waals surface area contributed by atoms with Gasteiger partial charge in [-0.25, -0.2) is 14.0 Å². The van der Waals surface area contributed by atoms with Gasteiger partial charge in [0.2, 0.25) is 0 Å². The van der Waals surface area contributed by atoms with Crippen LogP contribution in [0.25, 0.3) is 16.7 Å². The number of aromatic amines is 1. The maximum absolute atomic E-state index is 13.5. The van der Waals surface area contributed by atoms with Gasteiger partial charge in [0.1, 0.15) is 5.82 Å². The maximum atomic E-state index is 13.5. The molecule has 0 unspecified atom stereocenters. The van der Waals surface area contributed by atoms with Crippen molar-refractivity contribution >= 4 is 28.6 Å². The number of carboxylic acid groups (broad SMARTS) is 1. The summed E-state index contributed by atoms with van der Waals surface area (Å²) in [6.45, 7) is 0. The molecule has 3 aromatic rings. The second-order valence-corrected chi connectivity index (χ2v) is 4.84. The lowest BCUT2D eigenvalue weighted by atomic mass is 10.2. The first-order valence-electron chi connectivity index (χ1n) is 5.91. The van der Waals surface area contributed by atoms with Crippen LogP contribution in [0.4, 0.5) is 4.39 Å². The van der Waals surface area contributed by atoms with Gasteiger partial charge in [0.15, 0.2) is 0 Å². The SMILES string of the molecule is O=C(O)c1cccc2[nH]c(=O)n(-c3cc(F)cc(Cl)c3)c12. The molecule has 2 aromatic carbocycles. The maximum Gasteiger partial charge on any atom is 0.337 e. The highest BCUT2D eigenvalue weighted by Gasteiger charge is 2.17. The molecular formula is C14H8ClFN2O3. The van der Waals surface area contributed by atoms with E-state index < -0.39 is 17.5 Å². The molecule has 0 saturated heterocycles. The van der Waals surface area contributed by atoms with Crippen LogP contribution in [0.5, 0.6) is 0 Å². The van der Waals surface area contributed by atoms with E-state index in [4.69, 9.17) is 11.6 Å². The zero-order chi connectivity index (χ0) is 15.1. The smallest absolute Gasteiger partial charge is 0.337 e. The molecule has 0 radical (unpaired) electrons. The summed E-state index contributed by atoms with van der Waals surface area (Å²) in [6.07, 6.45) is 0. The van der Waals surface area contributed by atoms with Gasteiger partial charge in [0, 0.05) is 5.02 Å². The number of carbonyl (C=O) groups is 1. The van der Waals surface area contributed by atoms with Gasteiger partial charge in [-0.1, -0.05) is 17.7 Å². The van der Waals surface area contributed by atoms with Crippen molar-refractivity contribution in [3.8, 4) is 5.69 Å². The van der Waals surface area contributed by atoms with Crippen molar-refractivity contribution in [2.75, 3.05) is 0 Å². The van der Waals surface area contributed by atoms with E-state index in [2.05, 4.69) is 4.98 Å². The Morgan fingerprint density at radius 1 is 1.29 bits per heavy atom. The minimum Gasteiger partial charge on any atom is -0.478 e. The van der Waals surface area contributed by atoms with Crippen LogP contribution in [0, 0.1) is 5.82 Å². The number of para-hydroxylation sites is 1. The average Bonchev–Trinajstić information content (AvgIpc) is 2.72. The van der Waals surface area contributed by atoms with Crippen molar-refractivity contribution in [3.05, 3.63) is 63.3 Å². The van der Waals surface area contributed by atoms with Gasteiger partial charge in [0.05, 0.1) is 22.3 Å². The Balaban J connectivity index is 2.44. The molecule has 0 aliphatic rings. The van der Waals surface area contributed by atoms with E-state index in [1.807, 2.05) is 0 Å². The van der Waals surface area contributed by atoms with E-state index in [0.29, 0.717) is 5.52 Å². The number of aromatic carboxylic acids is 1. The molecule has 0 fully saturated rings. The fraction of sp³-hybridized carbons (Fsp3) is 0. The number of hydrogen-bond donors (Lipinski definition) is 2. The lowest BCUT2D eigenvalue weighted by Crippen LogP contribution is -2.16. The standard InChI is InChI=1S/C14H8ClFN2O3/c15-7-4-8(16)6-9(5-7)18-12-10(13(19)20)2-1-3-11(12)17-14(18)21/h1-6H,(H,17,21)(H,19,20). The molecule has 1 aromatic heterocycles. The van der Waals surface area contributed by atoms with Gasteiger partial charge >= 0.3 is 11.7 Å². The van der Waals surface area contributed by atoms with Crippen molar-refractivity contribution in [2.24, 2.45) is 0 Å². The highest BCUT2D eigenvalue weighted by atomic mass is 35.5. The minimum absolute atomic E-state index is 0.0637. The molecule has 7 heteroatoms. The summed E-state index contributed by atoms with van der Waals surface area (Å²) in [4.78, 5) is 25.9. The third-order valence-electron chi connectivity index (χ3n) is 3.04. The van der Waals surface area contributed by atoms with Crippen LogP contribution < -0.4 is 5.69 Å². The second kappa shape index (κ2) is 4.75. The molecule has 3 rings (SSSR count). The second-order valence-electron chi connectivity index (χ2n) is 4.40. The van der Waals surface area contributed by atoms with Crippen molar-refractivity contribution < 1.29 is 14.3 Å². The number of H-pyrrole nitrogens is 1. The first-order chi connectivity index (χ1) is 9.97. The fourth-order valence-electron chi connectivity index (χ4n) is 2.25. The zero-order valence-electron chi connectivity index (χ0n) is 10.4. The lowest BCUT2D eigenvalue weighted by Gasteiger charge is -2.06. The monoisotopic (exact) mass is 306 g/mol. The summed E-state index contributed by atoms with van der Waals surface area (Å²) in [6, 6.07) is 8.06. The average molecular weight is 307 g/mol. The van der Waals surface area contributed by atoms with E-state index in [1.54, 1.807) is 6.07 Å². The summed E-state index contributed by atoms with van der Waals surface area (Å²) >= 11 is 5.79. The van der Waals surface area contributed by atoms with Crippen LogP contribution >= 0.6 is 11.6 Å². The molecule has 0 spiro atoms. The third-order valence-corrected chi connectivity index (χ3v) is 3.26. The first-order valence-corrected chi connectivity index (χ1v) is 6.28. The molecular weight excluding hydrogens is 299 g/mol. The Morgan fingerprint density at radius 2 is 2.05 bits per heavy atom. The van der Waals surface area contributed by atoms with Gasteiger partial charge < -0.3 is 10.1 Å². The van der Waals surface area contributed by atoms with E-state index >= 15 is 0 Å². The van der Waals surface area contributed by atoms with E-state index in [1.165, 1.54) is 18.2 Å². The van der Waals surface area contributed by atoms with Crippen LogP contribution in [-0.4, -0.2) is 20.6 Å². The van der Waals surface area contributed by atoms with Crippen LogP contribution in [0.1, 0.15) is 10.4 Å². The summed E-state index contributed by atoms with van der Waals surface area (Å²) in [5.74, 6) is -1.80. The highest BCUT2D eigenvalue weighted by molar-refractivity contribution is 6.30. The third kappa shape index (κ3) is 2.19. The van der Waals surface area contributed by atoms with Gasteiger partial charge in [-0.05, 0) is 30.3 Å². The van der Waals surface area contributed by atoms with Crippen molar-refractivity contribution in [1.29, 1.82) is 0 Å². The normalized spacial score (nSPS) is 11.0. The van der Waals surface area contributed by atoms with Gasteiger partial charge in [0.25, 0.3) is 0 Å². The lowest BCUT2D eigenvalue weighted by molar-refractivity contribution is 0.0698. The van der Waals surface area contributed by atoms with Crippen molar-refractivity contribution in [1.82, 2.24) is 9.55 Å². The highest BCUT2D eigenvalue weighted by Crippen LogP contribution is 2.22. The predicted octanol–water partition coefficient (Wildman–Crippen LogP) is 2.81. The molecule has 0 bridgehead atoms. The van der Waals surface area contributed by atoms with Crippen molar-refractivity contribution in [3.63, 3.8) is 0 Å². The molecule has 0 aliphatic carbocycles. The quantitative estimate of drug-likeness (QED) is 0.764. The number of halogens is 2. The number of rotatable bonds is 2. The number of aromatic nitrogens is 2. The van der Waals surface area contributed by atoms with Crippen LogP contribution in [0.15, 0.2) is 41.2 Å². The Labute approximate surface area is 122 Å². The molecule has 1 heterocycles. The van der Waals surface area contributed by atoms with Crippen molar-refractivity contribution in [2.45, 2.75) is 0 Å². The number of carboxylic acids is 1. The van der Waals surface area contributed by atoms with Gasteiger partial charge in [-0.15, -0.1) is 0 Å². The Kier molecular flexibility index (Phi) is 3.03. The van der Waals surface area contributed by atoms with Gasteiger partial charge in [-0.3, -0.25) is 4.57 Å². The number of nitrogens with zero attached hydrogens (tertiary/aromatic N) is 1. The van der Waals surface area contributed by atoms with Crippen LogP contribution in [0.2, 0.25) is 5.02 Å². The van der Waals surface area contributed by atoms with E-state index in [0.717, 1.165) is 16.7 Å². The largest absolute Gasteiger partial charge is 0.478 e. The number of imidazole rings is 1. The molecule has 106 valence electrons. The number of nitrogens with one attached hydrogen (secondary N) is 1. The number of hydrogen-bond acceptors (Lipinski definition) is 2. The summed E-state index contributed by atoms with van der Waals surface area (Å²) in [5.41, 5.74) is 0.0356. The molecule has 21 heavy (non-hydrogen) atoms. The fourth-order valence-corrected chi connectivity index (χ4v) is 2.46. The first kappa shape index (κ1) is 13.4. The molecule has 5 nitrogen and oxygen atoms in total.